The van der Waals surface area contributed by atoms with Gasteiger partial charge in [-0.3, -0.25) is 4.79 Å². The number of fused-ring (bicyclic) bond motifs is 1. The van der Waals surface area contributed by atoms with Crippen LogP contribution >= 0.6 is 0 Å². The molecule has 3 rings (SSSR count). The zero-order valence-electron chi connectivity index (χ0n) is 11.5. The zero-order chi connectivity index (χ0) is 13.7. The second-order valence-electron chi connectivity index (χ2n) is 5.99. The van der Waals surface area contributed by atoms with Gasteiger partial charge in [-0.2, -0.15) is 0 Å². The number of hydrogen-bond donors (Lipinski definition) is 1. The number of rotatable bonds is 3. The van der Waals surface area contributed by atoms with Gasteiger partial charge in [0, 0.05) is 24.5 Å². The molecule has 0 aromatic carbocycles. The summed E-state index contributed by atoms with van der Waals surface area (Å²) in [5, 5.41) is 9.03. The largest absolute Gasteiger partial charge is 0.481 e. The van der Waals surface area contributed by atoms with Gasteiger partial charge in [0.05, 0.1) is 5.92 Å². The second-order valence-corrected chi connectivity index (χ2v) is 5.99. The topological polar surface area (TPSA) is 66.3 Å². The number of carboxylic acid groups (broad SMARTS) is 1. The van der Waals surface area contributed by atoms with E-state index in [1.165, 1.54) is 0 Å². The van der Waals surface area contributed by atoms with E-state index in [9.17, 15) is 4.79 Å². The van der Waals surface area contributed by atoms with E-state index in [0.717, 1.165) is 30.4 Å². The molecule has 0 spiro atoms. The van der Waals surface area contributed by atoms with Crippen LogP contribution < -0.4 is 4.90 Å². The smallest absolute Gasteiger partial charge is 0.307 e. The summed E-state index contributed by atoms with van der Waals surface area (Å²) in [7, 11) is 0. The molecule has 2 aliphatic rings. The van der Waals surface area contributed by atoms with Crippen LogP contribution in [0.25, 0.3) is 0 Å². The van der Waals surface area contributed by atoms with Crippen LogP contribution in [0.15, 0.2) is 6.07 Å². The fourth-order valence-electron chi connectivity index (χ4n) is 3.07. The van der Waals surface area contributed by atoms with E-state index in [4.69, 9.17) is 5.11 Å². The molecule has 1 aliphatic carbocycles. The Morgan fingerprint density at radius 2 is 2.00 bits per heavy atom. The minimum atomic E-state index is -0.650. The van der Waals surface area contributed by atoms with Crippen LogP contribution in [0.2, 0.25) is 0 Å². The molecule has 5 nitrogen and oxygen atoms in total. The summed E-state index contributed by atoms with van der Waals surface area (Å²) in [6.45, 7) is 7.78. The average Bonchev–Trinajstić information content (AvgIpc) is 2.85. The quantitative estimate of drug-likeness (QED) is 0.896. The van der Waals surface area contributed by atoms with Gasteiger partial charge in [-0.25, -0.2) is 9.97 Å². The number of aryl methyl sites for hydroxylation is 1. The number of hydrogen-bond acceptors (Lipinski definition) is 4. The average molecular weight is 261 g/mol. The van der Waals surface area contributed by atoms with Crippen LogP contribution in [0.5, 0.6) is 0 Å². The normalized spacial score (nSPS) is 28.6. The molecule has 2 heterocycles. The first kappa shape index (κ1) is 12.4. The standard InChI is InChI=1S/C14H19N3O2/c1-7(2)11-4-8(3)15-14(16-11)17-5-9-10(6-17)12(9)13(18)19/h4,7,9-10,12H,5-6H2,1-3H3,(H,18,19)/t9-,10+,12?. The van der Waals surface area contributed by atoms with Crippen molar-refractivity contribution >= 4 is 11.9 Å². The molecule has 19 heavy (non-hydrogen) atoms. The summed E-state index contributed by atoms with van der Waals surface area (Å²) in [5.74, 6) is 0.950. The molecule has 0 amide bonds. The summed E-state index contributed by atoms with van der Waals surface area (Å²) in [6.07, 6.45) is 0. The molecule has 1 aromatic heterocycles. The highest BCUT2D eigenvalue weighted by molar-refractivity contribution is 5.75. The van der Waals surface area contributed by atoms with Crippen molar-refractivity contribution in [3.63, 3.8) is 0 Å². The van der Waals surface area contributed by atoms with E-state index in [0.29, 0.717) is 17.8 Å². The molecule has 1 saturated heterocycles. The van der Waals surface area contributed by atoms with Gasteiger partial charge < -0.3 is 10.0 Å². The third-order valence-electron chi connectivity index (χ3n) is 4.22. The number of nitrogens with zero attached hydrogens (tertiary/aromatic N) is 3. The summed E-state index contributed by atoms with van der Waals surface area (Å²) in [5.41, 5.74) is 2.03. The van der Waals surface area contributed by atoms with Gasteiger partial charge in [-0.15, -0.1) is 0 Å². The molecule has 1 saturated carbocycles. The van der Waals surface area contributed by atoms with Gasteiger partial charge in [0.15, 0.2) is 0 Å². The van der Waals surface area contributed by atoms with Gasteiger partial charge >= 0.3 is 5.97 Å². The zero-order valence-corrected chi connectivity index (χ0v) is 11.5. The maximum absolute atomic E-state index is 11.0. The number of carboxylic acids is 1. The number of aromatic nitrogens is 2. The van der Waals surface area contributed by atoms with Gasteiger partial charge in [0.1, 0.15) is 0 Å². The Kier molecular flexibility index (Phi) is 2.73. The molecule has 2 fully saturated rings. The minimum Gasteiger partial charge on any atom is -0.481 e. The Hall–Kier alpha value is -1.65. The maximum atomic E-state index is 11.0. The van der Waals surface area contributed by atoms with Crippen molar-refractivity contribution in [3.8, 4) is 0 Å². The first-order valence-electron chi connectivity index (χ1n) is 6.80. The molecular weight excluding hydrogens is 242 g/mol. The molecular formula is C14H19N3O2. The molecule has 0 radical (unpaired) electrons. The second kappa shape index (κ2) is 4.18. The van der Waals surface area contributed by atoms with Gasteiger partial charge in [0.25, 0.3) is 0 Å². The van der Waals surface area contributed by atoms with E-state index < -0.39 is 5.97 Å². The lowest BCUT2D eigenvalue weighted by atomic mass is 10.1. The lowest BCUT2D eigenvalue weighted by Gasteiger charge is -2.20. The number of anilines is 1. The van der Waals surface area contributed by atoms with Crippen LogP contribution in [0, 0.1) is 24.7 Å². The van der Waals surface area contributed by atoms with Crippen LogP contribution in [0.1, 0.15) is 31.2 Å². The fraction of sp³-hybridized carbons (Fsp3) is 0.643. The van der Waals surface area contributed by atoms with Crippen LogP contribution in [0.4, 0.5) is 5.95 Å². The summed E-state index contributed by atoms with van der Waals surface area (Å²) < 4.78 is 0. The predicted molar refractivity (Wildman–Crippen MR) is 71.2 cm³/mol. The third-order valence-corrected chi connectivity index (χ3v) is 4.22. The maximum Gasteiger partial charge on any atom is 0.307 e. The highest BCUT2D eigenvalue weighted by Crippen LogP contribution is 2.52. The highest BCUT2D eigenvalue weighted by Gasteiger charge is 2.60. The van der Waals surface area contributed by atoms with E-state index in [-0.39, 0.29) is 5.92 Å². The minimum absolute atomic E-state index is 0.134. The van der Waals surface area contributed by atoms with Crippen molar-refractivity contribution in [2.45, 2.75) is 26.7 Å². The van der Waals surface area contributed by atoms with E-state index in [1.54, 1.807) is 0 Å². The summed E-state index contributed by atoms with van der Waals surface area (Å²) in [6, 6.07) is 2.02. The molecule has 3 atom stereocenters. The Balaban J connectivity index is 1.77. The summed E-state index contributed by atoms with van der Waals surface area (Å²) in [4.78, 5) is 22.2. The molecule has 1 unspecified atom stereocenters. The number of carbonyl (C=O) groups is 1. The third kappa shape index (κ3) is 2.07. The van der Waals surface area contributed by atoms with Crippen molar-refractivity contribution in [2.24, 2.45) is 17.8 Å². The first-order valence-corrected chi connectivity index (χ1v) is 6.80. The van der Waals surface area contributed by atoms with E-state index in [1.807, 2.05) is 13.0 Å². The summed E-state index contributed by atoms with van der Waals surface area (Å²) >= 11 is 0. The lowest BCUT2D eigenvalue weighted by Crippen LogP contribution is -2.28. The van der Waals surface area contributed by atoms with Crippen LogP contribution in [-0.4, -0.2) is 34.1 Å². The highest BCUT2D eigenvalue weighted by atomic mass is 16.4. The molecule has 1 N–H and O–H groups in total. The Labute approximate surface area is 112 Å². The van der Waals surface area contributed by atoms with E-state index >= 15 is 0 Å². The van der Waals surface area contributed by atoms with Crippen LogP contribution in [0.3, 0.4) is 0 Å². The van der Waals surface area contributed by atoms with Crippen molar-refractivity contribution in [1.29, 1.82) is 0 Å². The number of aliphatic carboxylic acids is 1. The molecule has 0 bridgehead atoms. The van der Waals surface area contributed by atoms with Crippen molar-refractivity contribution in [3.05, 3.63) is 17.5 Å². The molecule has 102 valence electrons. The van der Waals surface area contributed by atoms with Gasteiger partial charge in [0.2, 0.25) is 5.95 Å². The predicted octanol–water partition coefficient (Wildman–Crippen LogP) is 1.68. The van der Waals surface area contributed by atoms with Gasteiger partial charge in [-0.1, -0.05) is 13.8 Å². The van der Waals surface area contributed by atoms with E-state index in [2.05, 4.69) is 28.7 Å². The lowest BCUT2D eigenvalue weighted by molar-refractivity contribution is -0.139. The fourth-order valence-corrected chi connectivity index (χ4v) is 3.07. The Bertz CT molecular complexity index is 517. The SMILES string of the molecule is Cc1cc(C(C)C)nc(N2C[C@@H]3C(C(=O)O)[C@@H]3C2)n1. The Morgan fingerprint density at radius 3 is 2.53 bits per heavy atom. The monoisotopic (exact) mass is 261 g/mol. The van der Waals surface area contributed by atoms with Crippen molar-refractivity contribution in [1.82, 2.24) is 9.97 Å². The van der Waals surface area contributed by atoms with Crippen molar-refractivity contribution in [2.75, 3.05) is 18.0 Å². The van der Waals surface area contributed by atoms with Gasteiger partial charge in [-0.05, 0) is 30.7 Å². The Morgan fingerprint density at radius 1 is 1.37 bits per heavy atom. The molecule has 1 aromatic rings. The molecule has 1 aliphatic heterocycles. The van der Waals surface area contributed by atoms with Crippen molar-refractivity contribution < 1.29 is 9.90 Å². The molecule has 5 heteroatoms. The number of piperidine rings is 1. The van der Waals surface area contributed by atoms with Crippen LogP contribution in [-0.2, 0) is 4.79 Å². The first-order chi connectivity index (χ1) is 8.97.